The monoisotopic (exact) mass is 208 g/mol. The minimum absolute atomic E-state index is 0.293. The Balaban J connectivity index is 2.24. The van der Waals surface area contributed by atoms with Gasteiger partial charge in [-0.3, -0.25) is 0 Å². The van der Waals surface area contributed by atoms with E-state index in [0.29, 0.717) is 5.11 Å². The molecule has 0 spiro atoms. The van der Waals surface area contributed by atoms with Crippen molar-refractivity contribution in [1.29, 1.82) is 0 Å². The zero-order chi connectivity index (χ0) is 9.97. The molecule has 1 aromatic rings. The molecule has 1 aliphatic rings. The third-order valence-electron chi connectivity index (χ3n) is 2.18. The molecule has 0 bridgehead atoms. The lowest BCUT2D eigenvalue weighted by Crippen LogP contribution is -2.19. The summed E-state index contributed by atoms with van der Waals surface area (Å²) in [6, 6.07) is 5.91. The van der Waals surface area contributed by atoms with Crippen molar-refractivity contribution in [2.24, 2.45) is 5.73 Å². The first-order valence-corrected chi connectivity index (χ1v) is 4.99. The summed E-state index contributed by atoms with van der Waals surface area (Å²) in [7, 11) is 0. The van der Waals surface area contributed by atoms with Gasteiger partial charge in [0.25, 0.3) is 0 Å². The van der Waals surface area contributed by atoms with Gasteiger partial charge in [0.1, 0.15) is 5.75 Å². The molecule has 0 fully saturated rings. The number of benzene rings is 1. The Morgan fingerprint density at radius 2 is 2.36 bits per heavy atom. The molecule has 0 aromatic heterocycles. The van der Waals surface area contributed by atoms with E-state index in [0.717, 1.165) is 30.9 Å². The summed E-state index contributed by atoms with van der Waals surface area (Å²) < 4.78 is 5.49. The van der Waals surface area contributed by atoms with Crippen LogP contribution in [0.3, 0.4) is 0 Å². The molecule has 2 rings (SSSR count). The summed E-state index contributed by atoms with van der Waals surface area (Å²) in [5.41, 5.74) is 7.54. The number of ether oxygens (including phenoxy) is 1. The van der Waals surface area contributed by atoms with Crippen LogP contribution in [0, 0.1) is 0 Å². The molecule has 3 N–H and O–H groups in total. The quantitative estimate of drug-likeness (QED) is 0.689. The van der Waals surface area contributed by atoms with Crippen molar-refractivity contribution >= 4 is 23.0 Å². The Hall–Kier alpha value is -1.29. The minimum Gasteiger partial charge on any atom is -0.493 e. The fourth-order valence-electron chi connectivity index (χ4n) is 1.58. The molecule has 14 heavy (non-hydrogen) atoms. The zero-order valence-electron chi connectivity index (χ0n) is 7.75. The van der Waals surface area contributed by atoms with E-state index in [4.69, 9.17) is 22.7 Å². The summed E-state index contributed by atoms with van der Waals surface area (Å²) in [6.07, 6.45) is 2.13. The van der Waals surface area contributed by atoms with E-state index < -0.39 is 0 Å². The first-order chi connectivity index (χ1) is 6.75. The Labute approximate surface area is 88.2 Å². The van der Waals surface area contributed by atoms with Crippen LogP contribution < -0.4 is 15.8 Å². The van der Waals surface area contributed by atoms with Crippen LogP contribution in [0.2, 0.25) is 0 Å². The maximum atomic E-state index is 5.49. The highest BCUT2D eigenvalue weighted by Crippen LogP contribution is 2.27. The highest BCUT2D eigenvalue weighted by atomic mass is 32.1. The van der Waals surface area contributed by atoms with Crippen molar-refractivity contribution in [3.05, 3.63) is 23.8 Å². The number of nitrogens with one attached hydrogen (secondary N) is 1. The van der Waals surface area contributed by atoms with Gasteiger partial charge < -0.3 is 15.8 Å². The predicted molar refractivity (Wildman–Crippen MR) is 60.7 cm³/mol. The fourth-order valence-corrected chi connectivity index (χ4v) is 1.70. The van der Waals surface area contributed by atoms with E-state index in [-0.39, 0.29) is 0 Å². The van der Waals surface area contributed by atoms with Gasteiger partial charge in [-0.2, -0.15) is 0 Å². The van der Waals surface area contributed by atoms with Crippen LogP contribution in [-0.2, 0) is 6.42 Å². The Morgan fingerprint density at radius 3 is 3.14 bits per heavy atom. The maximum absolute atomic E-state index is 5.49. The van der Waals surface area contributed by atoms with Crippen molar-refractivity contribution < 1.29 is 4.74 Å². The summed E-state index contributed by atoms with van der Waals surface area (Å²) in [4.78, 5) is 0. The van der Waals surface area contributed by atoms with Crippen molar-refractivity contribution in [2.45, 2.75) is 12.8 Å². The number of thiocarbonyl (C=S) groups is 1. The lowest BCUT2D eigenvalue weighted by Gasteiger charge is -2.17. The van der Waals surface area contributed by atoms with Crippen molar-refractivity contribution in [3.8, 4) is 5.75 Å². The average Bonchev–Trinajstić information content (AvgIpc) is 2.17. The highest BCUT2D eigenvalue weighted by Gasteiger charge is 2.10. The highest BCUT2D eigenvalue weighted by molar-refractivity contribution is 7.80. The van der Waals surface area contributed by atoms with Crippen LogP contribution in [0.25, 0.3) is 0 Å². The molecule has 3 nitrogen and oxygen atoms in total. The first kappa shape index (κ1) is 9.27. The van der Waals surface area contributed by atoms with Gasteiger partial charge in [-0.1, -0.05) is 0 Å². The standard InChI is InChI=1S/C10H12N2OS/c11-10(14)12-8-3-4-9-7(6-8)2-1-5-13-9/h3-4,6H,1-2,5H2,(H3,11,12,14). The third-order valence-corrected chi connectivity index (χ3v) is 2.28. The molecule has 4 heteroatoms. The number of nitrogens with two attached hydrogens (primary N) is 1. The molecule has 0 amide bonds. The molecule has 1 aliphatic heterocycles. The van der Waals surface area contributed by atoms with E-state index in [1.807, 2.05) is 18.2 Å². The topological polar surface area (TPSA) is 47.3 Å². The largest absolute Gasteiger partial charge is 0.493 e. The summed E-state index contributed by atoms with van der Waals surface area (Å²) in [6.45, 7) is 0.815. The van der Waals surface area contributed by atoms with Gasteiger partial charge in [0.2, 0.25) is 0 Å². The van der Waals surface area contributed by atoms with E-state index in [9.17, 15) is 0 Å². The van der Waals surface area contributed by atoms with Gasteiger partial charge in [0.05, 0.1) is 6.61 Å². The van der Waals surface area contributed by atoms with E-state index in [1.54, 1.807) is 0 Å². The zero-order valence-corrected chi connectivity index (χ0v) is 8.56. The van der Waals surface area contributed by atoms with Crippen molar-refractivity contribution in [3.63, 3.8) is 0 Å². The van der Waals surface area contributed by atoms with Gasteiger partial charge in [-0.15, -0.1) is 0 Å². The van der Waals surface area contributed by atoms with Crippen LogP contribution in [0.1, 0.15) is 12.0 Å². The number of hydrogen-bond donors (Lipinski definition) is 2. The lowest BCUT2D eigenvalue weighted by atomic mass is 10.1. The number of rotatable bonds is 1. The third kappa shape index (κ3) is 1.96. The van der Waals surface area contributed by atoms with E-state index >= 15 is 0 Å². The minimum atomic E-state index is 0.293. The summed E-state index contributed by atoms with van der Waals surface area (Å²) in [5, 5.41) is 3.20. The Morgan fingerprint density at radius 1 is 1.50 bits per heavy atom. The van der Waals surface area contributed by atoms with Crippen LogP contribution in [-0.4, -0.2) is 11.7 Å². The second kappa shape index (κ2) is 3.84. The smallest absolute Gasteiger partial charge is 0.168 e. The molecule has 0 radical (unpaired) electrons. The van der Waals surface area contributed by atoms with Crippen LogP contribution in [0.5, 0.6) is 5.75 Å². The van der Waals surface area contributed by atoms with Gasteiger partial charge in [0.15, 0.2) is 5.11 Å². The molecular formula is C10H12N2OS. The summed E-state index contributed by atoms with van der Waals surface area (Å²) >= 11 is 4.77. The lowest BCUT2D eigenvalue weighted by molar-refractivity contribution is 0.288. The molecule has 1 heterocycles. The van der Waals surface area contributed by atoms with E-state index in [2.05, 4.69) is 5.32 Å². The fraction of sp³-hybridized carbons (Fsp3) is 0.300. The molecule has 0 atom stereocenters. The van der Waals surface area contributed by atoms with Gasteiger partial charge >= 0.3 is 0 Å². The molecule has 74 valence electrons. The second-order valence-corrected chi connectivity index (χ2v) is 3.70. The van der Waals surface area contributed by atoms with Gasteiger partial charge in [-0.05, 0) is 48.8 Å². The number of fused-ring (bicyclic) bond motifs is 1. The van der Waals surface area contributed by atoms with Crippen molar-refractivity contribution in [1.82, 2.24) is 0 Å². The van der Waals surface area contributed by atoms with Gasteiger partial charge in [0, 0.05) is 5.69 Å². The molecule has 0 saturated heterocycles. The van der Waals surface area contributed by atoms with Crippen LogP contribution in [0.15, 0.2) is 18.2 Å². The van der Waals surface area contributed by atoms with Crippen molar-refractivity contribution in [2.75, 3.05) is 11.9 Å². The average molecular weight is 208 g/mol. The van der Waals surface area contributed by atoms with E-state index in [1.165, 1.54) is 5.56 Å². The van der Waals surface area contributed by atoms with Crippen LogP contribution >= 0.6 is 12.2 Å². The Kier molecular flexibility index (Phi) is 2.54. The van der Waals surface area contributed by atoms with Crippen LogP contribution in [0.4, 0.5) is 5.69 Å². The second-order valence-electron chi connectivity index (χ2n) is 3.26. The number of hydrogen-bond acceptors (Lipinski definition) is 2. The molecule has 1 aromatic carbocycles. The summed E-state index contributed by atoms with van der Waals surface area (Å²) in [5.74, 6) is 0.977. The SMILES string of the molecule is NC(=S)Nc1ccc2c(c1)CCCO2. The Bertz CT molecular complexity index is 365. The predicted octanol–water partition coefficient (Wildman–Crippen LogP) is 1.67. The number of aryl methyl sites for hydroxylation is 1. The maximum Gasteiger partial charge on any atom is 0.168 e. The first-order valence-electron chi connectivity index (χ1n) is 4.58. The van der Waals surface area contributed by atoms with Gasteiger partial charge in [-0.25, -0.2) is 0 Å². The molecule has 0 saturated carbocycles. The normalized spacial score (nSPS) is 14.0. The number of anilines is 1. The molecular weight excluding hydrogens is 196 g/mol. The molecule has 0 aliphatic carbocycles. The molecule has 0 unspecified atom stereocenters.